The van der Waals surface area contributed by atoms with Crippen LogP contribution in [0.1, 0.15) is 37.3 Å². The van der Waals surface area contributed by atoms with Crippen LogP contribution in [0.2, 0.25) is 0 Å². The molecule has 1 amide bonds. The molecule has 0 bridgehead atoms. The molecule has 0 atom stereocenters. The van der Waals surface area contributed by atoms with Crippen LogP contribution >= 0.6 is 0 Å². The van der Waals surface area contributed by atoms with Crippen LogP contribution in [0.15, 0.2) is 6.20 Å². The van der Waals surface area contributed by atoms with Crippen LogP contribution in [0.4, 0.5) is 0 Å². The van der Waals surface area contributed by atoms with E-state index in [2.05, 4.69) is 15.6 Å². The molecule has 2 N–H and O–H groups in total. The molecule has 0 aliphatic carbocycles. The Hall–Kier alpha value is -1.96. The van der Waals surface area contributed by atoms with E-state index in [0.29, 0.717) is 0 Å². The number of carbonyl (C=O) groups excluding carboxylic acids is 1. The zero-order valence-corrected chi connectivity index (χ0v) is 11.8. The summed E-state index contributed by atoms with van der Waals surface area (Å²) in [6.45, 7) is 6.60. The molecule has 20 heavy (non-hydrogen) atoms. The predicted octanol–water partition coefficient (Wildman–Crippen LogP) is -0.252. The van der Waals surface area contributed by atoms with Crippen molar-refractivity contribution < 1.29 is 14.7 Å². The molecule has 0 unspecified atom stereocenters. The number of amides is 1. The van der Waals surface area contributed by atoms with E-state index >= 15 is 0 Å². The maximum Gasteiger partial charge on any atom is 0.323 e. The van der Waals surface area contributed by atoms with E-state index in [-0.39, 0.29) is 18.3 Å². The van der Waals surface area contributed by atoms with Crippen molar-refractivity contribution in [2.75, 3.05) is 19.6 Å². The van der Waals surface area contributed by atoms with Crippen LogP contribution < -0.4 is 5.32 Å². The van der Waals surface area contributed by atoms with Crippen LogP contribution in [0.5, 0.6) is 0 Å². The Bertz CT molecular complexity index is 515. The van der Waals surface area contributed by atoms with Crippen molar-refractivity contribution in [3.8, 4) is 0 Å². The van der Waals surface area contributed by atoms with E-state index < -0.39 is 17.4 Å². The number of rotatable bonds is 4. The Balaban J connectivity index is 2.18. The van der Waals surface area contributed by atoms with Gasteiger partial charge in [-0.2, -0.15) is 0 Å². The minimum absolute atomic E-state index is 0.174. The Morgan fingerprint density at radius 1 is 1.50 bits per heavy atom. The molecule has 0 aromatic carbocycles. The molecule has 8 nitrogen and oxygen atoms in total. The SMILES string of the molecule is CC(C)(C)N(CC(=O)O)C(=O)c1cn(C2CNC2)nn1. The molecule has 1 aliphatic rings. The van der Waals surface area contributed by atoms with Gasteiger partial charge >= 0.3 is 5.97 Å². The molecule has 0 radical (unpaired) electrons. The Labute approximate surface area is 116 Å². The highest BCUT2D eigenvalue weighted by atomic mass is 16.4. The molecule has 1 aromatic heterocycles. The summed E-state index contributed by atoms with van der Waals surface area (Å²) in [5, 5.41) is 19.8. The Morgan fingerprint density at radius 2 is 2.15 bits per heavy atom. The normalized spacial score (nSPS) is 15.8. The molecule has 110 valence electrons. The number of aliphatic carboxylic acids is 1. The monoisotopic (exact) mass is 281 g/mol. The van der Waals surface area contributed by atoms with E-state index in [1.807, 2.05) is 0 Å². The highest BCUT2D eigenvalue weighted by Gasteiger charge is 2.31. The second-order valence-electron chi connectivity index (χ2n) is 5.85. The fourth-order valence-electron chi connectivity index (χ4n) is 1.90. The van der Waals surface area contributed by atoms with Gasteiger partial charge in [-0.15, -0.1) is 5.10 Å². The fraction of sp³-hybridized carbons (Fsp3) is 0.667. The van der Waals surface area contributed by atoms with Crippen molar-refractivity contribution in [3.63, 3.8) is 0 Å². The molecule has 1 fully saturated rings. The standard InChI is InChI=1S/C12H19N5O3/c1-12(2,3)16(7-10(18)19)11(20)9-6-17(15-14-9)8-4-13-5-8/h6,8,13H,4-5,7H2,1-3H3,(H,18,19). The van der Waals surface area contributed by atoms with Gasteiger partial charge in [-0.05, 0) is 20.8 Å². The van der Waals surface area contributed by atoms with Gasteiger partial charge in [0.25, 0.3) is 5.91 Å². The molecule has 2 rings (SSSR count). The van der Waals surface area contributed by atoms with Crippen LogP contribution in [0.3, 0.4) is 0 Å². The lowest BCUT2D eigenvalue weighted by atomic mass is 10.1. The summed E-state index contributed by atoms with van der Waals surface area (Å²) in [7, 11) is 0. The summed E-state index contributed by atoms with van der Waals surface area (Å²) in [6.07, 6.45) is 1.58. The molecular weight excluding hydrogens is 262 g/mol. The number of hydrogen-bond acceptors (Lipinski definition) is 5. The number of nitrogens with one attached hydrogen (secondary N) is 1. The molecule has 1 aromatic rings. The number of nitrogens with zero attached hydrogens (tertiary/aromatic N) is 4. The van der Waals surface area contributed by atoms with Gasteiger partial charge in [0.05, 0.1) is 12.2 Å². The number of carbonyl (C=O) groups is 2. The van der Waals surface area contributed by atoms with Crippen LogP contribution in [-0.2, 0) is 4.79 Å². The quantitative estimate of drug-likeness (QED) is 0.789. The van der Waals surface area contributed by atoms with Gasteiger partial charge in [0.1, 0.15) is 6.54 Å². The smallest absolute Gasteiger partial charge is 0.323 e. The molecule has 0 spiro atoms. The molecular formula is C12H19N5O3. The molecule has 2 heterocycles. The lowest BCUT2D eigenvalue weighted by Gasteiger charge is -2.33. The van der Waals surface area contributed by atoms with Gasteiger partial charge in [0.2, 0.25) is 0 Å². The van der Waals surface area contributed by atoms with Crippen molar-refractivity contribution in [2.45, 2.75) is 32.4 Å². The van der Waals surface area contributed by atoms with Crippen molar-refractivity contribution in [1.29, 1.82) is 0 Å². The molecule has 0 saturated carbocycles. The van der Waals surface area contributed by atoms with Crippen LogP contribution in [0, 0.1) is 0 Å². The highest BCUT2D eigenvalue weighted by molar-refractivity contribution is 5.94. The van der Waals surface area contributed by atoms with Crippen molar-refractivity contribution in [1.82, 2.24) is 25.2 Å². The molecule has 1 saturated heterocycles. The third-order valence-electron chi connectivity index (χ3n) is 3.21. The van der Waals surface area contributed by atoms with Gasteiger partial charge in [0, 0.05) is 18.6 Å². The Kier molecular flexibility index (Phi) is 3.76. The van der Waals surface area contributed by atoms with Gasteiger partial charge < -0.3 is 15.3 Å². The van der Waals surface area contributed by atoms with E-state index in [1.54, 1.807) is 31.6 Å². The number of carboxylic acid groups (broad SMARTS) is 1. The van der Waals surface area contributed by atoms with Crippen molar-refractivity contribution in [2.24, 2.45) is 0 Å². The topological polar surface area (TPSA) is 100 Å². The van der Waals surface area contributed by atoms with E-state index in [4.69, 9.17) is 5.11 Å². The van der Waals surface area contributed by atoms with Gasteiger partial charge in [-0.25, -0.2) is 4.68 Å². The predicted molar refractivity (Wildman–Crippen MR) is 70.4 cm³/mol. The van der Waals surface area contributed by atoms with E-state index in [1.165, 1.54) is 4.90 Å². The second-order valence-corrected chi connectivity index (χ2v) is 5.85. The minimum Gasteiger partial charge on any atom is -0.480 e. The third-order valence-corrected chi connectivity index (χ3v) is 3.21. The van der Waals surface area contributed by atoms with Crippen molar-refractivity contribution in [3.05, 3.63) is 11.9 Å². The maximum absolute atomic E-state index is 12.4. The zero-order chi connectivity index (χ0) is 14.9. The summed E-state index contributed by atoms with van der Waals surface area (Å²) in [5.74, 6) is -1.47. The average molecular weight is 281 g/mol. The lowest BCUT2D eigenvalue weighted by Crippen LogP contribution is -2.48. The van der Waals surface area contributed by atoms with Crippen LogP contribution in [-0.4, -0.2) is 62.0 Å². The van der Waals surface area contributed by atoms with E-state index in [0.717, 1.165) is 13.1 Å². The third kappa shape index (κ3) is 2.96. The average Bonchev–Trinajstić information content (AvgIpc) is 2.70. The first-order valence-corrected chi connectivity index (χ1v) is 6.45. The summed E-state index contributed by atoms with van der Waals surface area (Å²) in [5.41, 5.74) is -0.426. The Morgan fingerprint density at radius 3 is 2.60 bits per heavy atom. The summed E-state index contributed by atoms with van der Waals surface area (Å²) in [4.78, 5) is 24.6. The second kappa shape index (κ2) is 5.20. The number of hydrogen-bond donors (Lipinski definition) is 2. The number of aromatic nitrogens is 3. The molecule has 1 aliphatic heterocycles. The van der Waals surface area contributed by atoms with Crippen LogP contribution in [0.25, 0.3) is 0 Å². The van der Waals surface area contributed by atoms with Gasteiger partial charge in [-0.3, -0.25) is 9.59 Å². The van der Waals surface area contributed by atoms with Gasteiger partial charge in [0.15, 0.2) is 5.69 Å². The maximum atomic E-state index is 12.4. The molecule has 8 heteroatoms. The summed E-state index contributed by atoms with van der Waals surface area (Å²) in [6, 6.07) is 0.214. The van der Waals surface area contributed by atoms with Crippen molar-refractivity contribution >= 4 is 11.9 Å². The lowest BCUT2D eigenvalue weighted by molar-refractivity contribution is -0.138. The minimum atomic E-state index is -1.05. The first kappa shape index (κ1) is 14.4. The largest absolute Gasteiger partial charge is 0.480 e. The fourth-order valence-corrected chi connectivity index (χ4v) is 1.90. The van der Waals surface area contributed by atoms with E-state index in [9.17, 15) is 9.59 Å². The summed E-state index contributed by atoms with van der Waals surface area (Å²) < 4.78 is 1.64. The summed E-state index contributed by atoms with van der Waals surface area (Å²) >= 11 is 0. The highest BCUT2D eigenvalue weighted by Crippen LogP contribution is 2.17. The van der Waals surface area contributed by atoms with Gasteiger partial charge in [-0.1, -0.05) is 5.21 Å². The number of carboxylic acids is 1. The first-order chi connectivity index (χ1) is 9.29. The first-order valence-electron chi connectivity index (χ1n) is 6.45. The zero-order valence-electron chi connectivity index (χ0n) is 11.8.